The minimum atomic E-state index is -0.320. The van der Waals surface area contributed by atoms with E-state index in [-0.39, 0.29) is 23.0 Å². The summed E-state index contributed by atoms with van der Waals surface area (Å²) in [6.45, 7) is 0. The maximum Gasteiger partial charge on any atom is 0.278 e. The topological polar surface area (TPSA) is 90.4 Å². The van der Waals surface area contributed by atoms with E-state index in [1.807, 2.05) is 36.4 Å². The summed E-state index contributed by atoms with van der Waals surface area (Å²) in [5, 5.41) is 13.5. The molecule has 3 aromatic rings. The molecule has 1 aromatic heterocycles. The summed E-state index contributed by atoms with van der Waals surface area (Å²) in [6.07, 6.45) is 1.87. The van der Waals surface area contributed by atoms with Crippen LogP contribution in [0.4, 0.5) is 11.5 Å². The van der Waals surface area contributed by atoms with Gasteiger partial charge in [-0.3, -0.25) is 4.79 Å². The lowest BCUT2D eigenvalue weighted by molar-refractivity contribution is 0.474. The second kappa shape index (κ2) is 6.24. The Bertz CT molecular complexity index is 996. The van der Waals surface area contributed by atoms with Crippen LogP contribution in [0.2, 0.25) is 0 Å². The summed E-state index contributed by atoms with van der Waals surface area (Å²) in [5.74, 6) is 0.569. The molecule has 0 radical (unpaired) electrons. The van der Waals surface area contributed by atoms with Crippen LogP contribution in [0.1, 0.15) is 23.6 Å². The summed E-state index contributed by atoms with van der Waals surface area (Å²) in [4.78, 5) is 23.5. The third kappa shape index (κ3) is 2.89. The fourth-order valence-corrected chi connectivity index (χ4v) is 2.97. The third-order valence-electron chi connectivity index (χ3n) is 4.20. The van der Waals surface area contributed by atoms with Gasteiger partial charge in [-0.2, -0.15) is 0 Å². The van der Waals surface area contributed by atoms with Crippen molar-refractivity contribution in [3.63, 3.8) is 0 Å². The van der Waals surface area contributed by atoms with Crippen molar-refractivity contribution in [2.24, 2.45) is 4.99 Å². The minimum absolute atomic E-state index is 0.116. The molecule has 1 aliphatic rings. The number of benzene rings is 2. The number of fused-ring (bicyclic) bond motifs is 1. The van der Waals surface area contributed by atoms with E-state index >= 15 is 0 Å². The van der Waals surface area contributed by atoms with Gasteiger partial charge in [-0.15, -0.1) is 0 Å². The molecule has 4 rings (SSSR count). The SMILES string of the molecule is O=c1[nH]cnc2c1N=C(c1ccccc1O)CC(c1ccccc1)N2. The summed E-state index contributed by atoms with van der Waals surface area (Å²) < 4.78 is 0. The Labute approximate surface area is 143 Å². The van der Waals surface area contributed by atoms with E-state index in [1.165, 1.54) is 6.33 Å². The van der Waals surface area contributed by atoms with Crippen molar-refractivity contribution >= 4 is 17.2 Å². The number of phenolic OH excluding ortho intramolecular Hbond substituents is 1. The Balaban J connectivity index is 1.89. The summed E-state index contributed by atoms with van der Waals surface area (Å²) >= 11 is 0. The average Bonchev–Trinajstić information content (AvgIpc) is 2.84. The molecule has 0 aliphatic carbocycles. The molecule has 6 nitrogen and oxygen atoms in total. The van der Waals surface area contributed by atoms with Gasteiger partial charge in [-0.1, -0.05) is 42.5 Å². The van der Waals surface area contributed by atoms with Crippen LogP contribution >= 0.6 is 0 Å². The molecule has 3 N–H and O–H groups in total. The molecule has 0 saturated carbocycles. The van der Waals surface area contributed by atoms with Gasteiger partial charge in [0.25, 0.3) is 5.56 Å². The van der Waals surface area contributed by atoms with Gasteiger partial charge in [0.15, 0.2) is 11.5 Å². The predicted molar refractivity (Wildman–Crippen MR) is 96.6 cm³/mol. The molecule has 1 aliphatic heterocycles. The zero-order chi connectivity index (χ0) is 17.2. The molecule has 0 amide bonds. The average molecular weight is 332 g/mol. The molecule has 1 unspecified atom stereocenters. The van der Waals surface area contributed by atoms with Gasteiger partial charge in [0.2, 0.25) is 0 Å². The highest BCUT2D eigenvalue weighted by Gasteiger charge is 2.24. The third-order valence-corrected chi connectivity index (χ3v) is 4.20. The summed E-state index contributed by atoms with van der Waals surface area (Å²) in [5.41, 5.74) is 2.21. The van der Waals surface area contributed by atoms with E-state index < -0.39 is 0 Å². The first-order valence-corrected chi connectivity index (χ1v) is 7.97. The van der Waals surface area contributed by atoms with Gasteiger partial charge >= 0.3 is 0 Å². The van der Waals surface area contributed by atoms with Crippen molar-refractivity contribution in [1.82, 2.24) is 9.97 Å². The smallest absolute Gasteiger partial charge is 0.278 e. The van der Waals surface area contributed by atoms with Gasteiger partial charge < -0.3 is 15.4 Å². The van der Waals surface area contributed by atoms with Crippen molar-refractivity contribution in [3.8, 4) is 5.75 Å². The molecular weight excluding hydrogens is 316 g/mol. The number of aromatic amines is 1. The number of aliphatic imine (C=N–C) groups is 1. The van der Waals surface area contributed by atoms with Crippen LogP contribution in [0, 0.1) is 0 Å². The minimum Gasteiger partial charge on any atom is -0.507 e. The van der Waals surface area contributed by atoms with E-state index in [0.29, 0.717) is 23.5 Å². The first kappa shape index (κ1) is 15.1. The van der Waals surface area contributed by atoms with Crippen LogP contribution in [0.15, 0.2) is 70.7 Å². The van der Waals surface area contributed by atoms with Gasteiger partial charge in [0.1, 0.15) is 5.75 Å². The van der Waals surface area contributed by atoms with Crippen LogP contribution in [-0.2, 0) is 0 Å². The molecule has 1 atom stereocenters. The van der Waals surface area contributed by atoms with Crippen LogP contribution in [-0.4, -0.2) is 20.8 Å². The Kier molecular flexibility index (Phi) is 3.78. The quantitative estimate of drug-likeness (QED) is 0.672. The summed E-state index contributed by atoms with van der Waals surface area (Å²) in [6, 6.07) is 16.8. The summed E-state index contributed by atoms with van der Waals surface area (Å²) in [7, 11) is 0. The van der Waals surface area contributed by atoms with E-state index in [1.54, 1.807) is 18.2 Å². The van der Waals surface area contributed by atoms with Gasteiger partial charge in [0.05, 0.1) is 18.1 Å². The molecule has 2 heterocycles. The highest BCUT2D eigenvalue weighted by molar-refractivity contribution is 6.05. The molecule has 0 spiro atoms. The second-order valence-electron chi connectivity index (χ2n) is 5.82. The lowest BCUT2D eigenvalue weighted by atomic mass is 9.97. The highest BCUT2D eigenvalue weighted by Crippen LogP contribution is 2.33. The van der Waals surface area contributed by atoms with E-state index in [4.69, 9.17) is 0 Å². The van der Waals surface area contributed by atoms with Crippen molar-refractivity contribution in [3.05, 3.63) is 82.4 Å². The Morgan fingerprint density at radius 3 is 2.60 bits per heavy atom. The molecule has 0 saturated heterocycles. The van der Waals surface area contributed by atoms with Crippen LogP contribution < -0.4 is 10.9 Å². The number of hydrogen-bond acceptors (Lipinski definition) is 5. The first-order valence-electron chi connectivity index (χ1n) is 7.97. The molecule has 0 bridgehead atoms. The van der Waals surface area contributed by atoms with Gasteiger partial charge in [-0.05, 0) is 17.7 Å². The zero-order valence-electron chi connectivity index (χ0n) is 13.3. The zero-order valence-corrected chi connectivity index (χ0v) is 13.3. The number of rotatable bonds is 2. The number of anilines is 1. The normalized spacial score (nSPS) is 16.3. The fraction of sp³-hybridized carbons (Fsp3) is 0.105. The number of para-hydroxylation sites is 1. The van der Waals surface area contributed by atoms with Crippen LogP contribution in [0.3, 0.4) is 0 Å². The number of aromatic hydroxyl groups is 1. The second-order valence-corrected chi connectivity index (χ2v) is 5.82. The van der Waals surface area contributed by atoms with E-state index in [9.17, 15) is 9.90 Å². The standard InChI is InChI=1S/C19H16N4O2/c24-16-9-5-4-8-13(16)15-10-14(12-6-2-1-3-7-12)23-18-17(22-15)19(25)21-11-20-18/h1-9,11,14,24H,10H2,(H2,20,21,23,25). The van der Waals surface area contributed by atoms with Crippen molar-refractivity contribution in [1.29, 1.82) is 0 Å². The van der Waals surface area contributed by atoms with Crippen LogP contribution in [0.5, 0.6) is 5.75 Å². The Morgan fingerprint density at radius 1 is 1.04 bits per heavy atom. The molecular formula is C19H16N4O2. The number of H-pyrrole nitrogens is 1. The van der Waals surface area contributed by atoms with E-state index in [2.05, 4.69) is 20.3 Å². The molecule has 25 heavy (non-hydrogen) atoms. The van der Waals surface area contributed by atoms with Crippen molar-refractivity contribution in [2.45, 2.75) is 12.5 Å². The number of nitrogens with zero attached hydrogens (tertiary/aromatic N) is 2. The first-order chi connectivity index (χ1) is 12.2. The number of aromatic nitrogens is 2. The molecule has 124 valence electrons. The van der Waals surface area contributed by atoms with Crippen molar-refractivity contribution in [2.75, 3.05) is 5.32 Å². The number of phenols is 1. The number of hydrogen-bond donors (Lipinski definition) is 3. The molecule has 2 aromatic carbocycles. The fourth-order valence-electron chi connectivity index (χ4n) is 2.97. The maximum atomic E-state index is 12.2. The Morgan fingerprint density at radius 2 is 1.80 bits per heavy atom. The molecule has 0 fully saturated rings. The van der Waals surface area contributed by atoms with Crippen molar-refractivity contribution < 1.29 is 5.11 Å². The number of nitrogens with one attached hydrogen (secondary N) is 2. The Hall–Kier alpha value is -3.41. The van der Waals surface area contributed by atoms with Crippen LogP contribution in [0.25, 0.3) is 0 Å². The van der Waals surface area contributed by atoms with Gasteiger partial charge in [-0.25, -0.2) is 9.98 Å². The lowest BCUT2D eigenvalue weighted by Crippen LogP contribution is -2.15. The largest absolute Gasteiger partial charge is 0.507 e. The maximum absolute atomic E-state index is 12.2. The van der Waals surface area contributed by atoms with E-state index in [0.717, 1.165) is 5.56 Å². The lowest BCUT2D eigenvalue weighted by Gasteiger charge is -2.18. The monoisotopic (exact) mass is 332 g/mol. The molecule has 6 heteroatoms. The van der Waals surface area contributed by atoms with Gasteiger partial charge in [0, 0.05) is 12.0 Å². The predicted octanol–water partition coefficient (Wildman–Crippen LogP) is 3.15. The highest BCUT2D eigenvalue weighted by atomic mass is 16.3.